The lowest BCUT2D eigenvalue weighted by Gasteiger charge is -2.22. The molecule has 3 nitrogen and oxygen atoms in total. The first-order valence-electron chi connectivity index (χ1n) is 4.33. The minimum absolute atomic E-state index is 0.0558. The number of halogens is 2. The number of benzene rings is 1. The lowest BCUT2D eigenvalue weighted by Crippen LogP contribution is -2.34. The van der Waals surface area contributed by atoms with Crippen molar-refractivity contribution in [2.24, 2.45) is 0 Å². The predicted molar refractivity (Wildman–Crippen MR) is 58.3 cm³/mol. The van der Waals surface area contributed by atoms with Gasteiger partial charge >= 0.3 is 5.97 Å². The molecule has 15 heavy (non-hydrogen) atoms. The summed E-state index contributed by atoms with van der Waals surface area (Å²) in [5, 5.41) is 19.4. The molecule has 5 heteroatoms. The van der Waals surface area contributed by atoms with E-state index in [2.05, 4.69) is 0 Å². The minimum atomic E-state index is -1.91. The van der Waals surface area contributed by atoms with Gasteiger partial charge in [-0.1, -0.05) is 36.2 Å². The Labute approximate surface area is 97.2 Å². The molecule has 0 aliphatic rings. The molecular weight excluding hydrogens is 239 g/mol. The number of carbonyl (C=O) groups is 1. The Balaban J connectivity index is 3.25. The van der Waals surface area contributed by atoms with Gasteiger partial charge in [-0.25, -0.2) is 4.79 Å². The molecule has 0 radical (unpaired) electrons. The molecule has 1 unspecified atom stereocenters. The summed E-state index contributed by atoms with van der Waals surface area (Å²) in [4.78, 5) is 10.9. The van der Waals surface area contributed by atoms with Crippen molar-refractivity contribution in [1.82, 2.24) is 0 Å². The molecule has 0 saturated heterocycles. The average molecular weight is 249 g/mol. The van der Waals surface area contributed by atoms with Crippen LogP contribution >= 0.6 is 23.2 Å². The number of carboxylic acid groups (broad SMARTS) is 1. The van der Waals surface area contributed by atoms with E-state index in [4.69, 9.17) is 28.3 Å². The Morgan fingerprint density at radius 1 is 1.40 bits per heavy atom. The summed E-state index contributed by atoms with van der Waals surface area (Å²) < 4.78 is 0. The van der Waals surface area contributed by atoms with Crippen LogP contribution in [0.15, 0.2) is 18.2 Å². The number of aliphatic carboxylic acids is 1. The van der Waals surface area contributed by atoms with Gasteiger partial charge in [-0.2, -0.15) is 0 Å². The van der Waals surface area contributed by atoms with Gasteiger partial charge in [0.05, 0.1) is 10.0 Å². The van der Waals surface area contributed by atoms with E-state index in [0.29, 0.717) is 5.02 Å². The van der Waals surface area contributed by atoms with Crippen molar-refractivity contribution in [3.63, 3.8) is 0 Å². The summed E-state index contributed by atoms with van der Waals surface area (Å²) in [6.07, 6.45) is 0.0558. The van der Waals surface area contributed by atoms with Crippen molar-refractivity contribution in [1.29, 1.82) is 0 Å². The van der Waals surface area contributed by atoms with E-state index >= 15 is 0 Å². The monoisotopic (exact) mass is 248 g/mol. The van der Waals surface area contributed by atoms with Crippen LogP contribution in [0.2, 0.25) is 10.0 Å². The fraction of sp³-hybridized carbons (Fsp3) is 0.300. The first-order chi connectivity index (χ1) is 6.91. The quantitative estimate of drug-likeness (QED) is 0.865. The zero-order chi connectivity index (χ0) is 11.6. The molecule has 0 aliphatic heterocycles. The fourth-order valence-electron chi connectivity index (χ4n) is 1.23. The number of aliphatic hydroxyl groups is 1. The van der Waals surface area contributed by atoms with Crippen LogP contribution in [0.5, 0.6) is 0 Å². The smallest absolute Gasteiger partial charge is 0.340 e. The highest BCUT2D eigenvalue weighted by Gasteiger charge is 2.36. The molecule has 1 rings (SSSR count). The molecule has 0 aliphatic carbocycles. The molecule has 0 aromatic heterocycles. The predicted octanol–water partition coefficient (Wildman–Crippen LogP) is 2.68. The van der Waals surface area contributed by atoms with Crippen LogP contribution in [0.4, 0.5) is 0 Å². The van der Waals surface area contributed by atoms with Gasteiger partial charge in [-0.3, -0.25) is 0 Å². The Morgan fingerprint density at radius 2 is 2.00 bits per heavy atom. The van der Waals surface area contributed by atoms with E-state index in [1.165, 1.54) is 18.2 Å². The fourth-order valence-corrected chi connectivity index (χ4v) is 1.53. The molecule has 0 amide bonds. The van der Waals surface area contributed by atoms with E-state index < -0.39 is 11.6 Å². The summed E-state index contributed by atoms with van der Waals surface area (Å²) in [6, 6.07) is 4.27. The van der Waals surface area contributed by atoms with Crippen LogP contribution in [-0.4, -0.2) is 16.2 Å². The third-order valence-corrected chi connectivity index (χ3v) is 3.00. The maximum atomic E-state index is 10.9. The van der Waals surface area contributed by atoms with Gasteiger partial charge in [-0.05, 0) is 24.1 Å². The molecule has 1 aromatic carbocycles. The molecule has 0 saturated carbocycles. The third-order valence-electron chi connectivity index (χ3n) is 2.26. The molecule has 0 fully saturated rings. The van der Waals surface area contributed by atoms with Crippen molar-refractivity contribution in [2.75, 3.05) is 0 Å². The first kappa shape index (κ1) is 12.3. The highest BCUT2D eigenvalue weighted by Crippen LogP contribution is 2.30. The van der Waals surface area contributed by atoms with E-state index in [0.717, 1.165) is 0 Å². The summed E-state index contributed by atoms with van der Waals surface area (Å²) in [6.45, 7) is 1.58. The summed E-state index contributed by atoms with van der Waals surface area (Å²) >= 11 is 11.4. The standard InChI is InChI=1S/C10H10Cl2O3/c1-2-10(15,9(13)14)6-3-4-7(11)8(12)5-6/h3-5,15H,2H2,1H3,(H,13,14). The molecule has 2 N–H and O–H groups in total. The third kappa shape index (κ3) is 2.25. The minimum Gasteiger partial charge on any atom is -0.479 e. The van der Waals surface area contributed by atoms with Crippen molar-refractivity contribution in [3.05, 3.63) is 33.8 Å². The van der Waals surface area contributed by atoms with Gasteiger partial charge in [0.2, 0.25) is 0 Å². The second kappa shape index (κ2) is 4.39. The van der Waals surface area contributed by atoms with Gasteiger partial charge in [0, 0.05) is 0 Å². The average Bonchev–Trinajstić information content (AvgIpc) is 2.20. The summed E-state index contributed by atoms with van der Waals surface area (Å²) in [5.74, 6) is -1.30. The topological polar surface area (TPSA) is 57.5 Å². The highest BCUT2D eigenvalue weighted by molar-refractivity contribution is 6.42. The van der Waals surface area contributed by atoms with E-state index in [-0.39, 0.29) is 17.0 Å². The van der Waals surface area contributed by atoms with E-state index in [9.17, 15) is 9.90 Å². The Bertz CT molecular complexity index is 392. The lowest BCUT2D eigenvalue weighted by atomic mass is 9.91. The largest absolute Gasteiger partial charge is 0.479 e. The van der Waals surface area contributed by atoms with Gasteiger partial charge in [0.1, 0.15) is 0 Å². The SMILES string of the molecule is CCC(O)(C(=O)O)c1ccc(Cl)c(Cl)c1. The van der Waals surface area contributed by atoms with E-state index in [1.54, 1.807) is 6.92 Å². The normalized spacial score (nSPS) is 14.7. The Morgan fingerprint density at radius 3 is 2.40 bits per heavy atom. The van der Waals surface area contributed by atoms with Crippen LogP contribution in [0.25, 0.3) is 0 Å². The van der Waals surface area contributed by atoms with Crippen LogP contribution in [0.3, 0.4) is 0 Å². The van der Waals surface area contributed by atoms with Crippen LogP contribution in [-0.2, 0) is 10.4 Å². The summed E-state index contributed by atoms with van der Waals surface area (Å²) in [5.41, 5.74) is -1.68. The van der Waals surface area contributed by atoms with Gasteiger partial charge < -0.3 is 10.2 Å². The van der Waals surface area contributed by atoms with Crippen molar-refractivity contribution < 1.29 is 15.0 Å². The van der Waals surface area contributed by atoms with Crippen LogP contribution in [0.1, 0.15) is 18.9 Å². The van der Waals surface area contributed by atoms with E-state index in [1.807, 2.05) is 0 Å². The maximum absolute atomic E-state index is 10.9. The molecular formula is C10H10Cl2O3. The van der Waals surface area contributed by atoms with Gasteiger partial charge in [-0.15, -0.1) is 0 Å². The number of carboxylic acids is 1. The molecule has 0 spiro atoms. The molecule has 0 bridgehead atoms. The highest BCUT2D eigenvalue weighted by atomic mass is 35.5. The Kier molecular flexibility index (Phi) is 3.60. The van der Waals surface area contributed by atoms with Crippen LogP contribution in [0, 0.1) is 0 Å². The first-order valence-corrected chi connectivity index (χ1v) is 5.08. The maximum Gasteiger partial charge on any atom is 0.340 e. The zero-order valence-electron chi connectivity index (χ0n) is 8.00. The zero-order valence-corrected chi connectivity index (χ0v) is 9.51. The second-order valence-electron chi connectivity index (χ2n) is 3.15. The number of hydrogen-bond acceptors (Lipinski definition) is 2. The van der Waals surface area contributed by atoms with Crippen molar-refractivity contribution in [3.8, 4) is 0 Å². The molecule has 0 heterocycles. The molecule has 1 atom stereocenters. The van der Waals surface area contributed by atoms with Gasteiger partial charge in [0.25, 0.3) is 0 Å². The number of hydrogen-bond donors (Lipinski definition) is 2. The van der Waals surface area contributed by atoms with Gasteiger partial charge in [0.15, 0.2) is 5.60 Å². The van der Waals surface area contributed by atoms with Crippen molar-refractivity contribution >= 4 is 29.2 Å². The molecule has 1 aromatic rings. The number of rotatable bonds is 3. The molecule has 82 valence electrons. The second-order valence-corrected chi connectivity index (χ2v) is 3.96. The van der Waals surface area contributed by atoms with Crippen LogP contribution < -0.4 is 0 Å². The Hall–Kier alpha value is -0.770. The summed E-state index contributed by atoms with van der Waals surface area (Å²) in [7, 11) is 0. The lowest BCUT2D eigenvalue weighted by molar-refractivity contribution is -0.160. The van der Waals surface area contributed by atoms with Crippen molar-refractivity contribution in [2.45, 2.75) is 18.9 Å².